The molecule has 1 saturated heterocycles. The van der Waals surface area contributed by atoms with Crippen molar-refractivity contribution in [3.05, 3.63) is 23.8 Å². The van der Waals surface area contributed by atoms with Crippen LogP contribution in [0.4, 0.5) is 16.2 Å². The van der Waals surface area contributed by atoms with E-state index in [1.54, 1.807) is 11.9 Å². The van der Waals surface area contributed by atoms with Crippen molar-refractivity contribution in [3.8, 4) is 0 Å². The molecule has 0 radical (unpaired) electrons. The Morgan fingerprint density at radius 3 is 2.94 bits per heavy atom. The van der Waals surface area contributed by atoms with Crippen molar-refractivity contribution in [2.24, 2.45) is 0 Å². The summed E-state index contributed by atoms with van der Waals surface area (Å²) in [7, 11) is 1.80. The Morgan fingerprint density at radius 1 is 1.61 bits per heavy atom. The molecule has 1 aromatic carbocycles. The first-order chi connectivity index (χ1) is 8.69. The van der Waals surface area contributed by atoms with E-state index >= 15 is 0 Å². The molecule has 96 valence electrons. The van der Waals surface area contributed by atoms with Crippen molar-refractivity contribution in [1.82, 2.24) is 0 Å². The fourth-order valence-electron chi connectivity index (χ4n) is 2.01. The molecule has 1 aliphatic heterocycles. The highest BCUT2D eigenvalue weighted by Gasteiger charge is 2.31. The SMILES string of the molecule is CCC1CN(c2ccc(NC)c(C=N)c2)C(=O)O1. The van der Waals surface area contributed by atoms with Gasteiger partial charge in [0.05, 0.1) is 6.54 Å². The van der Waals surface area contributed by atoms with Crippen molar-refractivity contribution in [2.75, 3.05) is 23.8 Å². The van der Waals surface area contributed by atoms with Gasteiger partial charge in [0.2, 0.25) is 0 Å². The predicted octanol–water partition coefficient (Wildman–Crippen LogP) is 2.46. The topological polar surface area (TPSA) is 65.4 Å². The van der Waals surface area contributed by atoms with Crippen LogP contribution >= 0.6 is 0 Å². The maximum atomic E-state index is 11.7. The number of nitrogens with one attached hydrogen (secondary N) is 2. The summed E-state index contributed by atoms with van der Waals surface area (Å²) in [4.78, 5) is 13.3. The van der Waals surface area contributed by atoms with Gasteiger partial charge >= 0.3 is 6.09 Å². The number of ether oxygens (including phenoxy) is 1. The van der Waals surface area contributed by atoms with E-state index in [0.29, 0.717) is 6.54 Å². The first-order valence-electron chi connectivity index (χ1n) is 6.00. The van der Waals surface area contributed by atoms with E-state index in [-0.39, 0.29) is 12.2 Å². The highest BCUT2D eigenvalue weighted by Crippen LogP contribution is 2.26. The zero-order valence-electron chi connectivity index (χ0n) is 10.6. The minimum Gasteiger partial charge on any atom is -0.444 e. The smallest absolute Gasteiger partial charge is 0.414 e. The second kappa shape index (κ2) is 5.08. The fraction of sp³-hybridized carbons (Fsp3) is 0.385. The van der Waals surface area contributed by atoms with Crippen LogP contribution in [0.5, 0.6) is 0 Å². The molecule has 1 atom stereocenters. The van der Waals surface area contributed by atoms with Crippen molar-refractivity contribution in [3.63, 3.8) is 0 Å². The molecule has 0 spiro atoms. The molecule has 1 aliphatic rings. The number of benzene rings is 1. The van der Waals surface area contributed by atoms with E-state index in [2.05, 4.69) is 5.32 Å². The van der Waals surface area contributed by atoms with Gasteiger partial charge in [0.25, 0.3) is 0 Å². The lowest BCUT2D eigenvalue weighted by molar-refractivity contribution is 0.139. The van der Waals surface area contributed by atoms with Gasteiger partial charge in [-0.15, -0.1) is 0 Å². The molecule has 0 saturated carbocycles. The number of cyclic esters (lactones) is 1. The highest BCUT2D eigenvalue weighted by atomic mass is 16.6. The van der Waals surface area contributed by atoms with E-state index in [4.69, 9.17) is 10.1 Å². The summed E-state index contributed by atoms with van der Waals surface area (Å²) in [5.74, 6) is 0. The van der Waals surface area contributed by atoms with Crippen LogP contribution in [0.2, 0.25) is 0 Å². The summed E-state index contributed by atoms with van der Waals surface area (Å²) in [5, 5.41) is 10.4. The number of carbonyl (C=O) groups excluding carboxylic acids is 1. The summed E-state index contributed by atoms with van der Waals surface area (Å²) in [5.41, 5.74) is 2.39. The number of hydrogen-bond acceptors (Lipinski definition) is 4. The molecule has 1 aromatic rings. The molecule has 5 heteroatoms. The second-order valence-electron chi connectivity index (χ2n) is 4.19. The Kier molecular flexibility index (Phi) is 3.50. The molecule has 2 N–H and O–H groups in total. The molecule has 5 nitrogen and oxygen atoms in total. The van der Waals surface area contributed by atoms with Gasteiger partial charge in [-0.25, -0.2) is 4.79 Å². The van der Waals surface area contributed by atoms with Gasteiger partial charge in [-0.05, 0) is 24.6 Å². The molecule has 0 bridgehead atoms. The molecular formula is C13H17N3O2. The second-order valence-corrected chi connectivity index (χ2v) is 4.19. The largest absolute Gasteiger partial charge is 0.444 e. The number of hydrogen-bond donors (Lipinski definition) is 2. The quantitative estimate of drug-likeness (QED) is 0.803. The highest BCUT2D eigenvalue weighted by molar-refractivity contribution is 5.93. The maximum absolute atomic E-state index is 11.7. The summed E-state index contributed by atoms with van der Waals surface area (Å²) in [6.45, 7) is 2.57. The molecule has 0 aliphatic carbocycles. The van der Waals surface area contributed by atoms with Crippen LogP contribution in [-0.2, 0) is 4.74 Å². The minimum absolute atomic E-state index is 0.0371. The van der Waals surface area contributed by atoms with Gasteiger partial charge in [0.15, 0.2) is 0 Å². The van der Waals surface area contributed by atoms with Gasteiger partial charge in [-0.1, -0.05) is 6.92 Å². The zero-order valence-corrected chi connectivity index (χ0v) is 10.6. The Labute approximate surface area is 106 Å². The number of carbonyl (C=O) groups is 1. The molecule has 18 heavy (non-hydrogen) atoms. The molecular weight excluding hydrogens is 230 g/mol. The van der Waals surface area contributed by atoms with Crippen LogP contribution in [0.1, 0.15) is 18.9 Å². The molecule has 1 fully saturated rings. The van der Waals surface area contributed by atoms with Crippen LogP contribution < -0.4 is 10.2 Å². The van der Waals surface area contributed by atoms with Crippen molar-refractivity contribution in [1.29, 1.82) is 5.41 Å². The first kappa shape index (κ1) is 12.4. The minimum atomic E-state index is -0.310. The lowest BCUT2D eigenvalue weighted by Gasteiger charge is -2.15. The lowest BCUT2D eigenvalue weighted by Crippen LogP contribution is -2.24. The predicted molar refractivity (Wildman–Crippen MR) is 71.8 cm³/mol. The first-order valence-corrected chi connectivity index (χ1v) is 6.00. The van der Waals surface area contributed by atoms with Gasteiger partial charge in [-0.2, -0.15) is 0 Å². The number of nitrogens with zero attached hydrogens (tertiary/aromatic N) is 1. The Bertz CT molecular complexity index is 473. The third-order valence-corrected chi connectivity index (χ3v) is 3.10. The fourth-order valence-corrected chi connectivity index (χ4v) is 2.01. The van der Waals surface area contributed by atoms with E-state index in [1.807, 2.05) is 25.1 Å². The van der Waals surface area contributed by atoms with Crippen molar-refractivity contribution in [2.45, 2.75) is 19.4 Å². The Balaban J connectivity index is 2.29. The zero-order chi connectivity index (χ0) is 13.1. The lowest BCUT2D eigenvalue weighted by atomic mass is 10.1. The summed E-state index contributed by atoms with van der Waals surface area (Å²) in [6, 6.07) is 5.54. The average molecular weight is 247 g/mol. The van der Waals surface area contributed by atoms with E-state index < -0.39 is 0 Å². The van der Waals surface area contributed by atoms with Crippen LogP contribution in [-0.4, -0.2) is 32.0 Å². The van der Waals surface area contributed by atoms with E-state index in [0.717, 1.165) is 23.4 Å². The molecule has 1 heterocycles. The maximum Gasteiger partial charge on any atom is 0.414 e. The van der Waals surface area contributed by atoms with Crippen LogP contribution in [0.3, 0.4) is 0 Å². The standard InChI is InChI=1S/C13H17N3O2/c1-3-11-8-16(13(17)18-11)10-4-5-12(15-2)9(6-10)7-14/h4-7,11,14-15H,3,8H2,1-2H3. The van der Waals surface area contributed by atoms with Gasteiger partial charge in [-0.3, -0.25) is 4.90 Å². The van der Waals surface area contributed by atoms with Crippen LogP contribution in [0.15, 0.2) is 18.2 Å². The summed E-state index contributed by atoms with van der Waals surface area (Å²) >= 11 is 0. The summed E-state index contributed by atoms with van der Waals surface area (Å²) < 4.78 is 5.22. The third kappa shape index (κ3) is 2.16. The monoisotopic (exact) mass is 247 g/mol. The molecule has 2 rings (SSSR count). The third-order valence-electron chi connectivity index (χ3n) is 3.10. The average Bonchev–Trinajstić information content (AvgIpc) is 2.79. The molecule has 0 aromatic heterocycles. The molecule has 1 unspecified atom stereocenters. The Hall–Kier alpha value is -2.04. The van der Waals surface area contributed by atoms with Crippen LogP contribution in [0.25, 0.3) is 0 Å². The van der Waals surface area contributed by atoms with E-state index in [9.17, 15) is 4.79 Å². The molecule has 1 amide bonds. The Morgan fingerprint density at radius 2 is 2.39 bits per heavy atom. The van der Waals surface area contributed by atoms with Crippen molar-refractivity contribution < 1.29 is 9.53 Å². The van der Waals surface area contributed by atoms with Gasteiger partial charge in [0, 0.05) is 30.2 Å². The summed E-state index contributed by atoms with van der Waals surface area (Å²) in [6.07, 6.45) is 1.74. The number of anilines is 2. The van der Waals surface area contributed by atoms with E-state index in [1.165, 1.54) is 6.21 Å². The van der Waals surface area contributed by atoms with Crippen molar-refractivity contribution >= 4 is 23.7 Å². The van der Waals surface area contributed by atoms with Crippen LogP contribution in [0, 0.1) is 5.41 Å². The van der Waals surface area contributed by atoms with Gasteiger partial charge < -0.3 is 15.5 Å². The normalized spacial score (nSPS) is 18.7. The number of amides is 1. The van der Waals surface area contributed by atoms with Gasteiger partial charge in [0.1, 0.15) is 6.10 Å². The number of rotatable bonds is 4.